The van der Waals surface area contributed by atoms with E-state index in [9.17, 15) is 0 Å². The summed E-state index contributed by atoms with van der Waals surface area (Å²) in [5, 5.41) is 1.10. The van der Waals surface area contributed by atoms with Gasteiger partial charge in [-0.15, -0.1) is 0 Å². The van der Waals surface area contributed by atoms with E-state index in [1.165, 1.54) is 5.56 Å². The van der Waals surface area contributed by atoms with Gasteiger partial charge in [-0.2, -0.15) is 0 Å². The van der Waals surface area contributed by atoms with Crippen molar-refractivity contribution in [1.82, 2.24) is 9.97 Å². The van der Waals surface area contributed by atoms with E-state index >= 15 is 0 Å². The molecule has 1 unspecified atom stereocenters. The Labute approximate surface area is 89.4 Å². The van der Waals surface area contributed by atoms with Crippen molar-refractivity contribution in [2.75, 3.05) is 6.54 Å². The Kier molecular flexibility index (Phi) is 2.92. The molecular formula is C12H15N3. The van der Waals surface area contributed by atoms with Gasteiger partial charge in [0.2, 0.25) is 0 Å². The molecule has 0 spiro atoms. The molecule has 3 heteroatoms. The number of hydrogen-bond acceptors (Lipinski definition) is 3. The molecule has 3 nitrogen and oxygen atoms in total. The van der Waals surface area contributed by atoms with E-state index in [4.69, 9.17) is 5.73 Å². The Balaban J connectivity index is 2.38. The van der Waals surface area contributed by atoms with Crippen molar-refractivity contribution in [1.29, 1.82) is 0 Å². The van der Waals surface area contributed by atoms with Crippen LogP contribution in [-0.2, 0) is 0 Å². The molecule has 0 aliphatic carbocycles. The quantitative estimate of drug-likeness (QED) is 0.827. The van der Waals surface area contributed by atoms with Gasteiger partial charge in [0, 0.05) is 24.0 Å². The first-order valence-electron chi connectivity index (χ1n) is 5.21. The largest absolute Gasteiger partial charge is 0.330 e. The van der Waals surface area contributed by atoms with Gasteiger partial charge in [-0.25, -0.2) is 0 Å². The van der Waals surface area contributed by atoms with Crippen molar-refractivity contribution in [3.05, 3.63) is 36.3 Å². The molecule has 0 saturated carbocycles. The van der Waals surface area contributed by atoms with Crippen LogP contribution in [0.2, 0.25) is 0 Å². The summed E-state index contributed by atoms with van der Waals surface area (Å²) in [7, 11) is 0. The van der Waals surface area contributed by atoms with Crippen LogP contribution >= 0.6 is 0 Å². The molecule has 1 atom stereocenters. The summed E-state index contributed by atoms with van der Waals surface area (Å²) in [6.45, 7) is 2.89. The van der Waals surface area contributed by atoms with Crippen LogP contribution in [0.5, 0.6) is 0 Å². The number of nitrogens with zero attached hydrogens (tertiary/aromatic N) is 2. The highest BCUT2D eigenvalue weighted by atomic mass is 14.7. The fourth-order valence-electron chi connectivity index (χ4n) is 1.68. The fourth-order valence-corrected chi connectivity index (χ4v) is 1.68. The summed E-state index contributed by atoms with van der Waals surface area (Å²) in [4.78, 5) is 8.50. The van der Waals surface area contributed by atoms with Crippen LogP contribution in [0.3, 0.4) is 0 Å². The first-order valence-corrected chi connectivity index (χ1v) is 5.21. The maximum absolute atomic E-state index is 5.55. The second-order valence-corrected chi connectivity index (χ2v) is 3.82. The van der Waals surface area contributed by atoms with E-state index in [0.717, 1.165) is 17.3 Å². The van der Waals surface area contributed by atoms with Crippen LogP contribution in [0.25, 0.3) is 10.9 Å². The minimum absolute atomic E-state index is 0.465. The predicted molar refractivity (Wildman–Crippen MR) is 61.6 cm³/mol. The van der Waals surface area contributed by atoms with Crippen LogP contribution in [0, 0.1) is 0 Å². The first-order chi connectivity index (χ1) is 7.31. The van der Waals surface area contributed by atoms with Crippen molar-refractivity contribution >= 4 is 10.9 Å². The summed E-state index contributed by atoms with van der Waals surface area (Å²) in [5.41, 5.74) is 7.78. The number of hydrogen-bond donors (Lipinski definition) is 1. The Hall–Kier alpha value is -1.48. The molecule has 0 aliphatic heterocycles. The molecule has 78 valence electrons. The number of fused-ring (bicyclic) bond motifs is 1. The lowest BCUT2D eigenvalue weighted by Crippen LogP contribution is -2.04. The zero-order valence-electron chi connectivity index (χ0n) is 8.85. The van der Waals surface area contributed by atoms with Gasteiger partial charge in [0.25, 0.3) is 0 Å². The molecule has 15 heavy (non-hydrogen) atoms. The fraction of sp³-hybridized carbons (Fsp3) is 0.333. The number of aromatic nitrogens is 2. The lowest BCUT2D eigenvalue weighted by Gasteiger charge is -2.10. The average Bonchev–Trinajstić information content (AvgIpc) is 2.29. The van der Waals surface area contributed by atoms with Gasteiger partial charge in [-0.1, -0.05) is 6.92 Å². The Bertz CT molecular complexity index is 453. The SMILES string of the molecule is CC(CCN)c1cnc2ccncc2c1. The highest BCUT2D eigenvalue weighted by molar-refractivity contribution is 5.77. The number of pyridine rings is 2. The normalized spacial score (nSPS) is 12.9. The zero-order valence-corrected chi connectivity index (χ0v) is 8.85. The third kappa shape index (κ3) is 2.13. The third-order valence-electron chi connectivity index (χ3n) is 2.67. The maximum atomic E-state index is 5.55. The van der Waals surface area contributed by atoms with Crippen molar-refractivity contribution in [2.24, 2.45) is 5.73 Å². The van der Waals surface area contributed by atoms with Gasteiger partial charge in [0.05, 0.1) is 5.52 Å². The number of rotatable bonds is 3. The Morgan fingerprint density at radius 3 is 3.07 bits per heavy atom. The van der Waals surface area contributed by atoms with Gasteiger partial charge < -0.3 is 5.73 Å². The van der Waals surface area contributed by atoms with Crippen LogP contribution in [-0.4, -0.2) is 16.5 Å². The van der Waals surface area contributed by atoms with Crippen molar-refractivity contribution in [3.63, 3.8) is 0 Å². The first kappa shape index (κ1) is 10.1. The molecule has 0 amide bonds. The molecule has 2 rings (SSSR count). The maximum Gasteiger partial charge on any atom is 0.0732 e. The summed E-state index contributed by atoms with van der Waals surface area (Å²) in [6, 6.07) is 4.07. The van der Waals surface area contributed by atoms with Crippen LogP contribution in [0.1, 0.15) is 24.8 Å². The smallest absolute Gasteiger partial charge is 0.0732 e. The summed E-state index contributed by atoms with van der Waals surface area (Å²) in [5.74, 6) is 0.465. The highest BCUT2D eigenvalue weighted by Crippen LogP contribution is 2.20. The minimum atomic E-state index is 0.465. The second kappa shape index (κ2) is 4.36. The molecule has 0 aliphatic rings. The Morgan fingerprint density at radius 2 is 2.27 bits per heavy atom. The summed E-state index contributed by atoms with van der Waals surface area (Å²) >= 11 is 0. The molecule has 0 radical (unpaired) electrons. The van der Waals surface area contributed by atoms with E-state index in [-0.39, 0.29) is 0 Å². The van der Waals surface area contributed by atoms with Gasteiger partial charge in [-0.05, 0) is 36.6 Å². The molecule has 0 bridgehead atoms. The van der Waals surface area contributed by atoms with E-state index in [1.54, 1.807) is 6.20 Å². The standard InChI is InChI=1S/C12H15N3/c1-9(2-4-13)10-6-11-7-14-5-3-12(11)15-8-10/h3,5-9H,2,4,13H2,1H3. The zero-order chi connectivity index (χ0) is 10.7. The van der Waals surface area contributed by atoms with Crippen LogP contribution in [0.4, 0.5) is 0 Å². The lowest BCUT2D eigenvalue weighted by atomic mass is 9.99. The molecule has 2 N–H and O–H groups in total. The van der Waals surface area contributed by atoms with Crippen LogP contribution in [0.15, 0.2) is 30.7 Å². The van der Waals surface area contributed by atoms with E-state index in [0.29, 0.717) is 12.5 Å². The van der Waals surface area contributed by atoms with Crippen molar-refractivity contribution < 1.29 is 0 Å². The van der Waals surface area contributed by atoms with Gasteiger partial charge in [-0.3, -0.25) is 9.97 Å². The predicted octanol–water partition coefficient (Wildman–Crippen LogP) is 2.08. The van der Waals surface area contributed by atoms with E-state index in [1.807, 2.05) is 18.5 Å². The second-order valence-electron chi connectivity index (χ2n) is 3.82. The summed E-state index contributed by atoms with van der Waals surface area (Å²) in [6.07, 6.45) is 6.54. The van der Waals surface area contributed by atoms with Gasteiger partial charge in [0.1, 0.15) is 0 Å². The van der Waals surface area contributed by atoms with Crippen molar-refractivity contribution in [3.8, 4) is 0 Å². The molecule has 2 aromatic rings. The topological polar surface area (TPSA) is 51.8 Å². The highest BCUT2D eigenvalue weighted by Gasteiger charge is 2.05. The van der Waals surface area contributed by atoms with Crippen molar-refractivity contribution in [2.45, 2.75) is 19.3 Å². The van der Waals surface area contributed by atoms with E-state index in [2.05, 4.69) is 23.0 Å². The van der Waals surface area contributed by atoms with Gasteiger partial charge in [0.15, 0.2) is 0 Å². The van der Waals surface area contributed by atoms with Gasteiger partial charge >= 0.3 is 0 Å². The molecule has 0 aromatic carbocycles. The molecule has 0 saturated heterocycles. The van der Waals surface area contributed by atoms with E-state index < -0.39 is 0 Å². The molecule has 2 aromatic heterocycles. The summed E-state index contributed by atoms with van der Waals surface area (Å²) < 4.78 is 0. The lowest BCUT2D eigenvalue weighted by molar-refractivity contribution is 0.688. The molecular weight excluding hydrogens is 186 g/mol. The van der Waals surface area contributed by atoms with Crippen LogP contribution < -0.4 is 5.73 Å². The number of nitrogens with two attached hydrogens (primary N) is 1. The molecule has 0 fully saturated rings. The Morgan fingerprint density at radius 1 is 1.40 bits per heavy atom. The molecule has 2 heterocycles. The third-order valence-corrected chi connectivity index (χ3v) is 2.67. The monoisotopic (exact) mass is 201 g/mol. The minimum Gasteiger partial charge on any atom is -0.330 e. The average molecular weight is 201 g/mol.